The van der Waals surface area contributed by atoms with Crippen LogP contribution in [0.5, 0.6) is 0 Å². The Labute approximate surface area is 130 Å². The molecule has 4 heteroatoms. The number of likely N-dealkylation sites (N-methyl/N-ethyl adjacent to an activating group) is 1. The Kier molecular flexibility index (Phi) is 6.05. The molecule has 0 fully saturated rings. The molecule has 2 N–H and O–H groups in total. The molecular formula is C16H21ClN2S. The van der Waals surface area contributed by atoms with Gasteiger partial charge in [0.1, 0.15) is 0 Å². The molecule has 0 spiro atoms. The molecule has 0 radical (unpaired) electrons. The fraction of sp³-hybridized carbons (Fsp3) is 0.375. The monoisotopic (exact) mass is 308 g/mol. The van der Waals surface area contributed by atoms with Crippen molar-refractivity contribution >= 4 is 22.9 Å². The molecule has 20 heavy (non-hydrogen) atoms. The van der Waals surface area contributed by atoms with Crippen LogP contribution in [0.3, 0.4) is 0 Å². The highest BCUT2D eigenvalue weighted by Gasteiger charge is 2.08. The first-order chi connectivity index (χ1) is 9.65. The number of benzene rings is 1. The third-order valence-corrected chi connectivity index (χ3v) is 4.59. The Hall–Kier alpha value is -0.870. The summed E-state index contributed by atoms with van der Waals surface area (Å²) >= 11 is 7.82. The molecule has 0 saturated carbocycles. The van der Waals surface area contributed by atoms with Gasteiger partial charge in [0, 0.05) is 22.5 Å². The van der Waals surface area contributed by atoms with Gasteiger partial charge in [-0.1, -0.05) is 29.8 Å². The normalized spacial score (nSPS) is 12.8. The Balaban J connectivity index is 1.73. The quantitative estimate of drug-likeness (QED) is 0.838. The van der Waals surface area contributed by atoms with E-state index in [1.807, 2.05) is 35.6 Å². The van der Waals surface area contributed by atoms with E-state index in [1.54, 1.807) is 0 Å². The third kappa shape index (κ3) is 4.91. The van der Waals surface area contributed by atoms with Crippen LogP contribution in [0.15, 0.2) is 41.8 Å². The zero-order valence-electron chi connectivity index (χ0n) is 11.8. The molecule has 0 saturated heterocycles. The van der Waals surface area contributed by atoms with E-state index in [0.717, 1.165) is 36.5 Å². The van der Waals surface area contributed by atoms with E-state index in [9.17, 15) is 0 Å². The van der Waals surface area contributed by atoms with Gasteiger partial charge < -0.3 is 10.6 Å². The molecule has 2 aromatic rings. The zero-order chi connectivity index (χ0) is 14.4. The number of rotatable bonds is 7. The average molecular weight is 309 g/mol. The second kappa shape index (κ2) is 7.79. The summed E-state index contributed by atoms with van der Waals surface area (Å²) in [6.45, 7) is 2.07. The van der Waals surface area contributed by atoms with Crippen LogP contribution < -0.4 is 5.73 Å². The van der Waals surface area contributed by atoms with Crippen molar-refractivity contribution in [2.75, 3.05) is 20.1 Å². The van der Waals surface area contributed by atoms with Crippen LogP contribution in [0.4, 0.5) is 0 Å². The van der Waals surface area contributed by atoms with Gasteiger partial charge in [-0.25, -0.2) is 0 Å². The topological polar surface area (TPSA) is 29.3 Å². The zero-order valence-corrected chi connectivity index (χ0v) is 13.3. The third-order valence-electron chi connectivity index (χ3n) is 3.42. The Bertz CT molecular complexity index is 513. The maximum atomic E-state index is 6.22. The highest BCUT2D eigenvalue weighted by atomic mass is 35.5. The molecule has 1 aromatic heterocycles. The van der Waals surface area contributed by atoms with E-state index < -0.39 is 0 Å². The number of thiophene rings is 1. The Morgan fingerprint density at radius 2 is 2.10 bits per heavy atom. The fourth-order valence-electron chi connectivity index (χ4n) is 2.13. The van der Waals surface area contributed by atoms with E-state index in [1.165, 1.54) is 4.88 Å². The number of nitrogens with two attached hydrogens (primary N) is 1. The van der Waals surface area contributed by atoms with E-state index in [0.29, 0.717) is 0 Å². The highest BCUT2D eigenvalue weighted by Crippen LogP contribution is 2.18. The number of hydrogen-bond acceptors (Lipinski definition) is 3. The maximum Gasteiger partial charge on any atom is 0.0409 e. The van der Waals surface area contributed by atoms with Crippen molar-refractivity contribution in [3.05, 3.63) is 57.2 Å². The summed E-state index contributed by atoms with van der Waals surface area (Å²) in [4.78, 5) is 3.78. The molecular weight excluding hydrogens is 288 g/mol. The van der Waals surface area contributed by atoms with Gasteiger partial charge in [0.2, 0.25) is 0 Å². The molecule has 0 bridgehead atoms. The summed E-state index contributed by atoms with van der Waals surface area (Å²) in [5.74, 6) is 0. The van der Waals surface area contributed by atoms with Crippen LogP contribution in [0.1, 0.15) is 22.9 Å². The molecule has 1 atom stereocenters. The molecule has 2 rings (SSSR count). The molecule has 2 nitrogen and oxygen atoms in total. The molecule has 1 heterocycles. The lowest BCUT2D eigenvalue weighted by Gasteiger charge is -2.19. The van der Waals surface area contributed by atoms with Crippen LogP contribution in [0, 0.1) is 0 Å². The van der Waals surface area contributed by atoms with Gasteiger partial charge in [-0.3, -0.25) is 0 Å². The van der Waals surface area contributed by atoms with Crippen LogP contribution in [-0.4, -0.2) is 25.0 Å². The SMILES string of the molecule is CN(CCc1cccs1)CCC(N)c1cccc(Cl)c1. The van der Waals surface area contributed by atoms with E-state index in [4.69, 9.17) is 17.3 Å². The first-order valence-corrected chi connectivity index (χ1v) is 8.13. The largest absolute Gasteiger partial charge is 0.324 e. The standard InChI is InChI=1S/C16H21ClN2S/c1-19(9-7-15-6-3-11-20-15)10-8-16(18)13-4-2-5-14(17)12-13/h2-6,11-12,16H,7-10,18H2,1H3. The van der Waals surface area contributed by atoms with Gasteiger partial charge in [0.25, 0.3) is 0 Å². The predicted molar refractivity (Wildman–Crippen MR) is 88.5 cm³/mol. The first kappa shape index (κ1) is 15.5. The lowest BCUT2D eigenvalue weighted by molar-refractivity contribution is 0.323. The van der Waals surface area contributed by atoms with Gasteiger partial charge in [-0.05, 0) is 55.6 Å². The predicted octanol–water partition coefficient (Wildman–Crippen LogP) is 3.97. The van der Waals surface area contributed by atoms with Crippen molar-refractivity contribution in [2.24, 2.45) is 5.73 Å². The summed E-state index contributed by atoms with van der Waals surface area (Å²) in [5, 5.41) is 2.88. The van der Waals surface area contributed by atoms with Crippen LogP contribution in [-0.2, 0) is 6.42 Å². The van der Waals surface area contributed by atoms with Crippen molar-refractivity contribution in [1.82, 2.24) is 4.90 Å². The fourth-order valence-corrected chi connectivity index (χ4v) is 3.03. The summed E-state index contributed by atoms with van der Waals surface area (Å²) in [6, 6.07) is 12.2. The molecule has 1 aromatic carbocycles. The molecule has 0 aliphatic rings. The number of halogens is 1. The minimum atomic E-state index is 0.0536. The van der Waals surface area contributed by atoms with Crippen molar-refractivity contribution in [3.8, 4) is 0 Å². The van der Waals surface area contributed by atoms with E-state index in [2.05, 4.69) is 29.5 Å². The summed E-state index contributed by atoms with van der Waals surface area (Å²) in [6.07, 6.45) is 2.06. The van der Waals surface area contributed by atoms with Gasteiger partial charge >= 0.3 is 0 Å². The summed E-state index contributed by atoms with van der Waals surface area (Å²) < 4.78 is 0. The van der Waals surface area contributed by atoms with Gasteiger partial charge in [0.05, 0.1) is 0 Å². The minimum Gasteiger partial charge on any atom is -0.324 e. The van der Waals surface area contributed by atoms with Crippen molar-refractivity contribution in [2.45, 2.75) is 18.9 Å². The summed E-state index contributed by atoms with van der Waals surface area (Å²) in [7, 11) is 2.15. The first-order valence-electron chi connectivity index (χ1n) is 6.87. The van der Waals surface area contributed by atoms with Gasteiger partial charge in [-0.15, -0.1) is 11.3 Å². The van der Waals surface area contributed by atoms with Crippen molar-refractivity contribution in [1.29, 1.82) is 0 Å². The Morgan fingerprint density at radius 3 is 2.80 bits per heavy atom. The second-order valence-electron chi connectivity index (χ2n) is 5.08. The van der Waals surface area contributed by atoms with Gasteiger partial charge in [0.15, 0.2) is 0 Å². The average Bonchev–Trinajstić information content (AvgIpc) is 2.95. The second-order valence-corrected chi connectivity index (χ2v) is 6.55. The molecule has 1 unspecified atom stereocenters. The maximum absolute atomic E-state index is 6.22. The van der Waals surface area contributed by atoms with Crippen LogP contribution in [0.2, 0.25) is 5.02 Å². The van der Waals surface area contributed by atoms with Gasteiger partial charge in [-0.2, -0.15) is 0 Å². The van der Waals surface area contributed by atoms with Crippen molar-refractivity contribution < 1.29 is 0 Å². The summed E-state index contributed by atoms with van der Waals surface area (Å²) in [5.41, 5.74) is 7.33. The smallest absolute Gasteiger partial charge is 0.0409 e. The number of hydrogen-bond donors (Lipinski definition) is 1. The highest BCUT2D eigenvalue weighted by molar-refractivity contribution is 7.09. The van der Waals surface area contributed by atoms with E-state index >= 15 is 0 Å². The van der Waals surface area contributed by atoms with Crippen LogP contribution >= 0.6 is 22.9 Å². The molecule has 108 valence electrons. The van der Waals surface area contributed by atoms with Crippen molar-refractivity contribution in [3.63, 3.8) is 0 Å². The van der Waals surface area contributed by atoms with E-state index in [-0.39, 0.29) is 6.04 Å². The Morgan fingerprint density at radius 1 is 1.25 bits per heavy atom. The molecule has 0 aliphatic heterocycles. The molecule has 0 amide bonds. The minimum absolute atomic E-state index is 0.0536. The van der Waals surface area contributed by atoms with Crippen LogP contribution in [0.25, 0.3) is 0 Å². The molecule has 0 aliphatic carbocycles. The lowest BCUT2D eigenvalue weighted by atomic mass is 10.0. The number of nitrogens with zero attached hydrogens (tertiary/aromatic N) is 1. The lowest BCUT2D eigenvalue weighted by Crippen LogP contribution is -2.25.